The van der Waals surface area contributed by atoms with Crippen LogP contribution in [0.5, 0.6) is 0 Å². The molecule has 7 heteroatoms. The molecule has 1 atom stereocenters. The summed E-state index contributed by atoms with van der Waals surface area (Å²) in [4.78, 5) is 26.6. The van der Waals surface area contributed by atoms with Crippen LogP contribution in [0.25, 0.3) is 0 Å². The van der Waals surface area contributed by atoms with Crippen molar-refractivity contribution in [2.45, 2.75) is 51.0 Å². The SMILES string of the molecule is Cc1ccc(C2(CNC(=O)NC3CCN(c4ccc(Cl)cc4F)C3=O)CCC2)cc1C. The zero-order valence-electron chi connectivity index (χ0n) is 17.8. The fourth-order valence-electron chi connectivity index (χ4n) is 4.45. The van der Waals surface area contributed by atoms with Gasteiger partial charge in [-0.25, -0.2) is 9.18 Å². The van der Waals surface area contributed by atoms with Crippen molar-refractivity contribution in [1.29, 1.82) is 0 Å². The molecule has 2 aromatic rings. The average molecular weight is 444 g/mol. The number of hydrogen-bond donors (Lipinski definition) is 2. The van der Waals surface area contributed by atoms with Crippen LogP contribution in [-0.2, 0) is 10.2 Å². The lowest BCUT2D eigenvalue weighted by molar-refractivity contribution is -0.118. The molecule has 0 radical (unpaired) electrons. The van der Waals surface area contributed by atoms with E-state index in [1.54, 1.807) is 6.07 Å². The molecule has 1 saturated carbocycles. The molecule has 2 N–H and O–H groups in total. The normalized spacial score (nSPS) is 19.8. The fraction of sp³-hybridized carbons (Fsp3) is 0.417. The van der Waals surface area contributed by atoms with E-state index in [-0.39, 0.29) is 28.1 Å². The number of halogens is 2. The highest BCUT2D eigenvalue weighted by Crippen LogP contribution is 2.43. The van der Waals surface area contributed by atoms with Gasteiger partial charge in [-0.15, -0.1) is 0 Å². The van der Waals surface area contributed by atoms with Crippen LogP contribution >= 0.6 is 11.6 Å². The Morgan fingerprint density at radius 2 is 1.97 bits per heavy atom. The Bertz CT molecular complexity index is 1020. The lowest BCUT2D eigenvalue weighted by atomic mass is 9.64. The first-order chi connectivity index (χ1) is 14.8. The van der Waals surface area contributed by atoms with E-state index in [1.807, 2.05) is 0 Å². The Labute approximate surface area is 187 Å². The highest BCUT2D eigenvalue weighted by Gasteiger charge is 2.40. The van der Waals surface area contributed by atoms with E-state index in [4.69, 9.17) is 11.6 Å². The third kappa shape index (κ3) is 4.26. The van der Waals surface area contributed by atoms with E-state index in [0.29, 0.717) is 19.5 Å². The summed E-state index contributed by atoms with van der Waals surface area (Å²) in [6.07, 6.45) is 3.62. The number of carbonyl (C=O) groups is 2. The third-order valence-electron chi connectivity index (χ3n) is 6.73. The topological polar surface area (TPSA) is 61.4 Å². The van der Waals surface area contributed by atoms with E-state index >= 15 is 0 Å². The molecule has 1 aliphatic carbocycles. The van der Waals surface area contributed by atoms with Gasteiger partial charge in [0.25, 0.3) is 0 Å². The molecule has 1 unspecified atom stereocenters. The van der Waals surface area contributed by atoms with Gasteiger partial charge in [-0.1, -0.05) is 36.2 Å². The molecule has 1 aliphatic heterocycles. The van der Waals surface area contributed by atoms with Gasteiger partial charge >= 0.3 is 6.03 Å². The smallest absolute Gasteiger partial charge is 0.315 e. The van der Waals surface area contributed by atoms with Gasteiger partial charge in [0.1, 0.15) is 11.9 Å². The zero-order valence-corrected chi connectivity index (χ0v) is 18.6. The van der Waals surface area contributed by atoms with Crippen molar-refractivity contribution in [2.24, 2.45) is 0 Å². The molecule has 0 spiro atoms. The van der Waals surface area contributed by atoms with E-state index in [0.717, 1.165) is 19.3 Å². The molecule has 0 aromatic heterocycles. The summed E-state index contributed by atoms with van der Waals surface area (Å²) >= 11 is 5.80. The van der Waals surface area contributed by atoms with Gasteiger partial charge in [0.2, 0.25) is 5.91 Å². The summed E-state index contributed by atoms with van der Waals surface area (Å²) in [6, 6.07) is 9.68. The van der Waals surface area contributed by atoms with Crippen molar-refractivity contribution in [3.05, 3.63) is 63.9 Å². The number of aryl methyl sites for hydroxylation is 2. The number of amides is 3. The zero-order chi connectivity index (χ0) is 22.2. The molecule has 5 nitrogen and oxygen atoms in total. The minimum Gasteiger partial charge on any atom is -0.337 e. The second kappa shape index (κ2) is 8.50. The molecule has 0 bridgehead atoms. The number of benzene rings is 2. The minimum absolute atomic E-state index is 0.0477. The first kappa shape index (κ1) is 21.6. The number of hydrogen-bond acceptors (Lipinski definition) is 2. The van der Waals surface area contributed by atoms with Gasteiger partial charge in [0.05, 0.1) is 5.69 Å². The van der Waals surface area contributed by atoms with Gasteiger partial charge in [-0.2, -0.15) is 0 Å². The van der Waals surface area contributed by atoms with Gasteiger partial charge in [0.15, 0.2) is 0 Å². The van der Waals surface area contributed by atoms with Gasteiger partial charge < -0.3 is 15.5 Å². The second-order valence-corrected chi connectivity index (χ2v) is 9.12. The summed E-state index contributed by atoms with van der Waals surface area (Å²) in [6.45, 7) is 5.06. The summed E-state index contributed by atoms with van der Waals surface area (Å²) in [5, 5.41) is 6.00. The van der Waals surface area contributed by atoms with Crippen LogP contribution in [-0.4, -0.2) is 31.1 Å². The molecule has 164 valence electrons. The molecule has 2 aromatic carbocycles. The minimum atomic E-state index is -0.672. The molecular weight excluding hydrogens is 417 g/mol. The molecule has 31 heavy (non-hydrogen) atoms. The highest BCUT2D eigenvalue weighted by atomic mass is 35.5. The number of carbonyl (C=O) groups excluding carboxylic acids is 2. The maximum absolute atomic E-state index is 14.2. The summed E-state index contributed by atoms with van der Waals surface area (Å²) in [5.74, 6) is -0.866. The monoisotopic (exact) mass is 443 g/mol. The lowest BCUT2D eigenvalue weighted by Gasteiger charge is -2.43. The van der Waals surface area contributed by atoms with E-state index in [1.165, 1.54) is 33.7 Å². The molecule has 4 rings (SSSR count). The van der Waals surface area contributed by atoms with Crippen molar-refractivity contribution < 1.29 is 14.0 Å². The van der Waals surface area contributed by atoms with Crippen LogP contribution in [0, 0.1) is 19.7 Å². The van der Waals surface area contributed by atoms with Crippen molar-refractivity contribution in [1.82, 2.24) is 10.6 Å². The first-order valence-electron chi connectivity index (χ1n) is 10.7. The Hall–Kier alpha value is -2.60. The fourth-order valence-corrected chi connectivity index (χ4v) is 4.61. The van der Waals surface area contributed by atoms with Crippen molar-refractivity contribution in [3.8, 4) is 0 Å². The molecule has 3 amide bonds. The van der Waals surface area contributed by atoms with Crippen LogP contribution in [0.2, 0.25) is 5.02 Å². The van der Waals surface area contributed by atoms with Gasteiger partial charge in [0, 0.05) is 23.5 Å². The van der Waals surface area contributed by atoms with Crippen molar-refractivity contribution in [3.63, 3.8) is 0 Å². The number of urea groups is 1. The molecule has 1 heterocycles. The average Bonchev–Trinajstić information content (AvgIpc) is 3.04. The van der Waals surface area contributed by atoms with E-state index in [9.17, 15) is 14.0 Å². The summed E-state index contributed by atoms with van der Waals surface area (Å²) < 4.78 is 14.2. The van der Waals surface area contributed by atoms with Crippen LogP contribution in [0.4, 0.5) is 14.9 Å². The largest absolute Gasteiger partial charge is 0.337 e. The van der Waals surface area contributed by atoms with Crippen LogP contribution in [0.15, 0.2) is 36.4 Å². The van der Waals surface area contributed by atoms with Crippen LogP contribution < -0.4 is 15.5 Å². The van der Waals surface area contributed by atoms with Gasteiger partial charge in [-0.05, 0) is 68.0 Å². The number of nitrogens with zero attached hydrogens (tertiary/aromatic N) is 1. The van der Waals surface area contributed by atoms with Crippen molar-refractivity contribution in [2.75, 3.05) is 18.0 Å². The second-order valence-electron chi connectivity index (χ2n) is 8.69. The Morgan fingerprint density at radius 1 is 1.19 bits per heavy atom. The Morgan fingerprint density at radius 3 is 2.61 bits per heavy atom. The highest BCUT2D eigenvalue weighted by molar-refractivity contribution is 6.30. The summed E-state index contributed by atoms with van der Waals surface area (Å²) in [7, 11) is 0. The maximum Gasteiger partial charge on any atom is 0.315 e. The Balaban J connectivity index is 1.36. The number of nitrogens with one attached hydrogen (secondary N) is 2. The Kier molecular flexibility index (Phi) is 5.93. The molecule has 1 saturated heterocycles. The van der Waals surface area contributed by atoms with Crippen LogP contribution in [0.3, 0.4) is 0 Å². The maximum atomic E-state index is 14.2. The predicted molar refractivity (Wildman–Crippen MR) is 120 cm³/mol. The standard InChI is InChI=1S/C24H27ClFN3O2/c1-15-4-5-17(12-16(15)2)24(9-3-10-24)14-27-23(31)28-20-8-11-29(22(20)30)21-7-6-18(25)13-19(21)26/h4-7,12-13,20H,3,8-11,14H2,1-2H3,(H2,27,28,31). The van der Waals surface area contributed by atoms with E-state index < -0.39 is 11.9 Å². The lowest BCUT2D eigenvalue weighted by Crippen LogP contribution is -2.51. The van der Waals surface area contributed by atoms with E-state index in [2.05, 4.69) is 42.7 Å². The number of rotatable bonds is 5. The van der Waals surface area contributed by atoms with Gasteiger partial charge in [-0.3, -0.25) is 4.79 Å². The van der Waals surface area contributed by atoms with Crippen molar-refractivity contribution >= 4 is 29.2 Å². The quantitative estimate of drug-likeness (QED) is 0.708. The summed E-state index contributed by atoms with van der Waals surface area (Å²) in [5.41, 5.74) is 3.89. The molecule has 2 aliphatic rings. The molecular formula is C24H27ClFN3O2. The number of anilines is 1. The predicted octanol–water partition coefficient (Wildman–Crippen LogP) is 4.62. The molecule has 2 fully saturated rings. The first-order valence-corrected chi connectivity index (χ1v) is 11.1. The third-order valence-corrected chi connectivity index (χ3v) is 6.96. The van der Waals surface area contributed by atoms with Crippen LogP contribution in [0.1, 0.15) is 42.4 Å².